The molecule has 0 aliphatic carbocycles. The second kappa shape index (κ2) is 2.62. The van der Waals surface area contributed by atoms with Crippen LogP contribution >= 0.6 is 11.6 Å². The smallest absolute Gasteiger partial charge is 0.130 e. The lowest BCUT2D eigenvalue weighted by Gasteiger charge is -2.05. The average Bonchev–Trinajstić information content (AvgIpc) is 2.14. The second-order valence-corrected chi connectivity index (χ2v) is 3.01. The molecule has 0 fully saturated rings. The van der Waals surface area contributed by atoms with Crippen molar-refractivity contribution in [3.8, 4) is 0 Å². The number of aromatic nitrogens is 2. The number of halogens is 1. The lowest BCUT2D eigenvalue weighted by atomic mass is 10.4. The van der Waals surface area contributed by atoms with Gasteiger partial charge >= 0.3 is 0 Å². The Balaban J connectivity index is 3.05. The molecular formula is C7H11ClN2. The molecule has 1 aromatic rings. The van der Waals surface area contributed by atoms with Crippen molar-refractivity contribution < 1.29 is 0 Å². The van der Waals surface area contributed by atoms with Crippen molar-refractivity contribution in [2.45, 2.75) is 26.8 Å². The van der Waals surface area contributed by atoms with E-state index in [0.717, 1.165) is 10.7 Å². The largest absolute Gasteiger partial charge is 0.251 e. The molecule has 3 heteroatoms. The van der Waals surface area contributed by atoms with Gasteiger partial charge in [0.05, 0.1) is 6.20 Å². The highest BCUT2D eigenvalue weighted by Crippen LogP contribution is 2.17. The fourth-order valence-electron chi connectivity index (χ4n) is 0.793. The van der Waals surface area contributed by atoms with Gasteiger partial charge in [-0.3, -0.25) is 4.68 Å². The molecule has 0 bridgehead atoms. The van der Waals surface area contributed by atoms with E-state index in [2.05, 4.69) is 18.9 Å². The molecule has 0 spiro atoms. The molecule has 0 atom stereocenters. The highest BCUT2D eigenvalue weighted by Gasteiger charge is 2.05. The summed E-state index contributed by atoms with van der Waals surface area (Å²) in [6.07, 6.45) is 1.78. The minimum absolute atomic E-state index is 0.348. The molecule has 1 rings (SSSR count). The van der Waals surface area contributed by atoms with E-state index in [0.29, 0.717) is 6.04 Å². The van der Waals surface area contributed by atoms with Crippen LogP contribution in [0.15, 0.2) is 6.20 Å². The van der Waals surface area contributed by atoms with Crippen LogP contribution < -0.4 is 0 Å². The van der Waals surface area contributed by atoms with Gasteiger partial charge in [0, 0.05) is 11.6 Å². The first-order valence-electron chi connectivity index (χ1n) is 3.32. The van der Waals surface area contributed by atoms with Crippen LogP contribution in [0.4, 0.5) is 0 Å². The third-order valence-corrected chi connectivity index (χ3v) is 1.86. The number of rotatable bonds is 1. The summed E-state index contributed by atoms with van der Waals surface area (Å²) < 4.78 is 1.80. The zero-order valence-corrected chi connectivity index (χ0v) is 7.18. The summed E-state index contributed by atoms with van der Waals surface area (Å²) in [7, 11) is 0. The minimum Gasteiger partial charge on any atom is -0.251 e. The van der Waals surface area contributed by atoms with Gasteiger partial charge in [0.25, 0.3) is 0 Å². The summed E-state index contributed by atoms with van der Waals surface area (Å²) in [4.78, 5) is 0. The fraction of sp³-hybridized carbons (Fsp3) is 0.571. The van der Waals surface area contributed by atoms with Crippen molar-refractivity contribution in [1.29, 1.82) is 0 Å². The maximum Gasteiger partial charge on any atom is 0.130 e. The molecule has 0 aliphatic rings. The molecule has 0 amide bonds. The predicted octanol–water partition coefficient (Wildman–Crippen LogP) is 2.43. The Hall–Kier alpha value is -0.500. The standard InChI is InChI=1S/C7H11ClN2/c1-5(2)10-7(8)6(3)4-9-10/h4-5H,1-3H3. The molecule has 2 nitrogen and oxygen atoms in total. The molecule has 0 saturated carbocycles. The van der Waals surface area contributed by atoms with E-state index in [1.165, 1.54) is 0 Å². The summed E-state index contributed by atoms with van der Waals surface area (Å²) in [5.41, 5.74) is 1.04. The molecule has 0 saturated heterocycles. The van der Waals surface area contributed by atoms with Crippen molar-refractivity contribution in [3.05, 3.63) is 16.9 Å². The summed E-state index contributed by atoms with van der Waals surface area (Å²) >= 11 is 5.90. The van der Waals surface area contributed by atoms with Crippen molar-refractivity contribution >= 4 is 11.6 Å². The lowest BCUT2D eigenvalue weighted by Crippen LogP contribution is -2.01. The first-order chi connectivity index (χ1) is 4.63. The molecule has 0 radical (unpaired) electrons. The summed E-state index contributed by atoms with van der Waals surface area (Å²) in [6, 6.07) is 0.348. The molecule has 0 unspecified atom stereocenters. The van der Waals surface area contributed by atoms with Gasteiger partial charge in [-0.1, -0.05) is 11.6 Å². The normalized spacial score (nSPS) is 10.9. The molecule has 1 heterocycles. The molecule has 0 aromatic carbocycles. The monoisotopic (exact) mass is 158 g/mol. The number of aryl methyl sites for hydroxylation is 1. The topological polar surface area (TPSA) is 17.8 Å². The van der Waals surface area contributed by atoms with Gasteiger partial charge in [0.1, 0.15) is 5.15 Å². The van der Waals surface area contributed by atoms with Crippen molar-refractivity contribution in [1.82, 2.24) is 9.78 Å². The Bertz CT molecular complexity index is 228. The first-order valence-corrected chi connectivity index (χ1v) is 3.70. The van der Waals surface area contributed by atoms with Gasteiger partial charge in [-0.15, -0.1) is 0 Å². The molecule has 10 heavy (non-hydrogen) atoms. The third kappa shape index (κ3) is 1.16. The van der Waals surface area contributed by atoms with Crippen LogP contribution in [0.25, 0.3) is 0 Å². The van der Waals surface area contributed by atoms with Crippen LogP contribution in [0, 0.1) is 6.92 Å². The van der Waals surface area contributed by atoms with Crippen LogP contribution in [0.3, 0.4) is 0 Å². The Labute approximate surface area is 65.8 Å². The second-order valence-electron chi connectivity index (χ2n) is 2.66. The zero-order valence-electron chi connectivity index (χ0n) is 6.43. The van der Waals surface area contributed by atoms with Gasteiger partial charge in [-0.2, -0.15) is 5.10 Å². The zero-order chi connectivity index (χ0) is 7.72. The van der Waals surface area contributed by atoms with Gasteiger partial charge in [0.15, 0.2) is 0 Å². The molecule has 0 aliphatic heterocycles. The van der Waals surface area contributed by atoms with Crippen molar-refractivity contribution in [2.75, 3.05) is 0 Å². The highest BCUT2D eigenvalue weighted by atomic mass is 35.5. The Morgan fingerprint density at radius 2 is 2.20 bits per heavy atom. The molecule has 1 aromatic heterocycles. The number of hydrogen-bond acceptors (Lipinski definition) is 1. The maximum absolute atomic E-state index is 5.90. The quantitative estimate of drug-likeness (QED) is 0.614. The van der Waals surface area contributed by atoms with Gasteiger partial charge in [-0.05, 0) is 20.8 Å². The average molecular weight is 159 g/mol. The summed E-state index contributed by atoms with van der Waals surface area (Å²) in [5.74, 6) is 0. The van der Waals surface area contributed by atoms with E-state index in [9.17, 15) is 0 Å². The Morgan fingerprint density at radius 1 is 1.60 bits per heavy atom. The molecule has 0 N–H and O–H groups in total. The van der Waals surface area contributed by atoms with E-state index >= 15 is 0 Å². The van der Waals surface area contributed by atoms with Crippen molar-refractivity contribution in [2.24, 2.45) is 0 Å². The van der Waals surface area contributed by atoms with E-state index in [1.807, 2.05) is 6.92 Å². The lowest BCUT2D eigenvalue weighted by molar-refractivity contribution is 0.533. The number of nitrogens with zero attached hydrogens (tertiary/aromatic N) is 2. The SMILES string of the molecule is Cc1cnn(C(C)C)c1Cl. The number of hydrogen-bond donors (Lipinski definition) is 0. The van der Waals surface area contributed by atoms with Crippen LogP contribution in [0.5, 0.6) is 0 Å². The van der Waals surface area contributed by atoms with E-state index in [4.69, 9.17) is 11.6 Å². The molecule has 56 valence electrons. The van der Waals surface area contributed by atoms with Crippen LogP contribution in [0.2, 0.25) is 5.15 Å². The van der Waals surface area contributed by atoms with Gasteiger partial charge < -0.3 is 0 Å². The predicted molar refractivity (Wildman–Crippen MR) is 42.4 cm³/mol. The van der Waals surface area contributed by atoms with Crippen molar-refractivity contribution in [3.63, 3.8) is 0 Å². The van der Waals surface area contributed by atoms with Crippen LogP contribution in [-0.2, 0) is 0 Å². The minimum atomic E-state index is 0.348. The third-order valence-electron chi connectivity index (χ3n) is 1.39. The maximum atomic E-state index is 5.90. The highest BCUT2D eigenvalue weighted by molar-refractivity contribution is 6.30. The summed E-state index contributed by atoms with van der Waals surface area (Å²) in [5, 5.41) is 4.84. The van der Waals surface area contributed by atoms with E-state index in [1.54, 1.807) is 10.9 Å². The summed E-state index contributed by atoms with van der Waals surface area (Å²) in [6.45, 7) is 6.06. The van der Waals surface area contributed by atoms with E-state index in [-0.39, 0.29) is 0 Å². The fourth-order valence-corrected chi connectivity index (χ4v) is 1.08. The Morgan fingerprint density at radius 3 is 2.40 bits per heavy atom. The Kier molecular flexibility index (Phi) is 2.00. The molecular weight excluding hydrogens is 148 g/mol. The van der Waals surface area contributed by atoms with Crippen LogP contribution in [-0.4, -0.2) is 9.78 Å². The van der Waals surface area contributed by atoms with Gasteiger partial charge in [0.2, 0.25) is 0 Å². The van der Waals surface area contributed by atoms with Gasteiger partial charge in [-0.25, -0.2) is 0 Å². The van der Waals surface area contributed by atoms with E-state index < -0.39 is 0 Å². The van der Waals surface area contributed by atoms with Crippen LogP contribution in [0.1, 0.15) is 25.5 Å². The first kappa shape index (κ1) is 7.61.